The van der Waals surface area contributed by atoms with E-state index in [-0.39, 0.29) is 0 Å². The molecule has 1 aromatic rings. The molecule has 0 saturated carbocycles. The quantitative estimate of drug-likeness (QED) is 0.508. The van der Waals surface area contributed by atoms with E-state index in [9.17, 15) is 0 Å². The standard InChI is InChI=1S/C8H6BrCl2I/c9-6-1-2-7(8(10)11)5(3-6)4-12/h1-3,8H,4H2. The maximum Gasteiger partial charge on any atom is 0.133 e. The van der Waals surface area contributed by atoms with Gasteiger partial charge in [0.05, 0.1) is 0 Å². The van der Waals surface area contributed by atoms with Crippen LogP contribution in [0.3, 0.4) is 0 Å². The minimum absolute atomic E-state index is 0.428. The summed E-state index contributed by atoms with van der Waals surface area (Å²) in [6.45, 7) is 0. The first-order chi connectivity index (χ1) is 5.65. The van der Waals surface area contributed by atoms with Crippen molar-refractivity contribution in [3.8, 4) is 0 Å². The highest BCUT2D eigenvalue weighted by Gasteiger charge is 2.08. The molecular formula is C8H6BrCl2I. The molecule has 0 aliphatic carbocycles. The zero-order valence-corrected chi connectivity index (χ0v) is 11.3. The van der Waals surface area contributed by atoms with Crippen molar-refractivity contribution in [2.75, 3.05) is 0 Å². The smallest absolute Gasteiger partial charge is 0.100 e. The fourth-order valence-corrected chi connectivity index (χ4v) is 2.40. The average Bonchev–Trinajstić information content (AvgIpc) is 2.03. The third-order valence-corrected chi connectivity index (χ3v) is 3.27. The summed E-state index contributed by atoms with van der Waals surface area (Å²) in [5.41, 5.74) is 2.18. The van der Waals surface area contributed by atoms with Gasteiger partial charge in [-0.1, -0.05) is 44.6 Å². The Kier molecular flexibility index (Phi) is 4.65. The Morgan fingerprint density at radius 2 is 2.08 bits per heavy atom. The second kappa shape index (κ2) is 5.03. The summed E-state index contributed by atoms with van der Waals surface area (Å²) in [7, 11) is 0. The molecule has 0 aliphatic heterocycles. The molecule has 0 atom stereocenters. The number of halogens is 4. The Balaban J connectivity index is 3.11. The molecule has 0 spiro atoms. The molecule has 0 fully saturated rings. The van der Waals surface area contributed by atoms with E-state index in [2.05, 4.69) is 38.5 Å². The zero-order chi connectivity index (χ0) is 9.14. The van der Waals surface area contributed by atoms with Crippen molar-refractivity contribution >= 4 is 61.7 Å². The van der Waals surface area contributed by atoms with E-state index in [1.807, 2.05) is 18.2 Å². The summed E-state index contributed by atoms with van der Waals surface area (Å²) in [5.74, 6) is 0. The number of rotatable bonds is 2. The number of hydrogen-bond acceptors (Lipinski definition) is 0. The van der Waals surface area contributed by atoms with Crippen LogP contribution in [0.2, 0.25) is 0 Å². The lowest BCUT2D eigenvalue weighted by molar-refractivity contribution is 1.25. The van der Waals surface area contributed by atoms with Crippen LogP contribution in [0.25, 0.3) is 0 Å². The van der Waals surface area contributed by atoms with Gasteiger partial charge in [0.15, 0.2) is 0 Å². The van der Waals surface area contributed by atoms with Crippen molar-refractivity contribution in [2.24, 2.45) is 0 Å². The second-order valence-corrected chi connectivity index (χ2v) is 5.05. The van der Waals surface area contributed by atoms with Crippen molar-refractivity contribution in [1.82, 2.24) is 0 Å². The summed E-state index contributed by atoms with van der Waals surface area (Å²) >= 11 is 17.3. The molecule has 0 unspecified atom stereocenters. The number of alkyl halides is 3. The minimum Gasteiger partial charge on any atom is -0.100 e. The van der Waals surface area contributed by atoms with Crippen molar-refractivity contribution in [2.45, 2.75) is 9.26 Å². The highest BCUT2D eigenvalue weighted by Crippen LogP contribution is 2.30. The van der Waals surface area contributed by atoms with Gasteiger partial charge >= 0.3 is 0 Å². The first-order valence-electron chi connectivity index (χ1n) is 3.27. The van der Waals surface area contributed by atoms with E-state index >= 15 is 0 Å². The predicted molar refractivity (Wildman–Crippen MR) is 66.3 cm³/mol. The van der Waals surface area contributed by atoms with Gasteiger partial charge in [0.1, 0.15) is 4.84 Å². The molecule has 0 N–H and O–H groups in total. The normalized spacial score (nSPS) is 10.8. The molecular weight excluding hydrogens is 374 g/mol. The molecule has 0 aromatic heterocycles. The molecule has 0 amide bonds. The van der Waals surface area contributed by atoms with Gasteiger partial charge < -0.3 is 0 Å². The van der Waals surface area contributed by atoms with Gasteiger partial charge in [0.25, 0.3) is 0 Å². The Labute approximate surface area is 104 Å². The molecule has 0 nitrogen and oxygen atoms in total. The summed E-state index contributed by atoms with van der Waals surface area (Å²) in [5, 5.41) is 0. The Morgan fingerprint density at radius 1 is 1.42 bits per heavy atom. The topological polar surface area (TPSA) is 0 Å². The molecule has 0 saturated heterocycles. The van der Waals surface area contributed by atoms with Gasteiger partial charge in [-0.15, -0.1) is 23.2 Å². The van der Waals surface area contributed by atoms with E-state index in [1.165, 1.54) is 5.56 Å². The van der Waals surface area contributed by atoms with Crippen LogP contribution in [-0.2, 0) is 4.43 Å². The van der Waals surface area contributed by atoms with Crippen molar-refractivity contribution in [1.29, 1.82) is 0 Å². The van der Waals surface area contributed by atoms with E-state index in [0.717, 1.165) is 14.5 Å². The fourth-order valence-electron chi connectivity index (χ4n) is 0.903. The van der Waals surface area contributed by atoms with E-state index in [4.69, 9.17) is 23.2 Å². The molecule has 12 heavy (non-hydrogen) atoms. The molecule has 0 heterocycles. The van der Waals surface area contributed by atoms with Crippen LogP contribution in [0.4, 0.5) is 0 Å². The van der Waals surface area contributed by atoms with E-state index in [0.29, 0.717) is 0 Å². The Bertz CT molecular complexity index is 276. The lowest BCUT2D eigenvalue weighted by atomic mass is 10.1. The maximum atomic E-state index is 5.79. The van der Waals surface area contributed by atoms with Crippen molar-refractivity contribution < 1.29 is 0 Å². The third-order valence-electron chi connectivity index (χ3n) is 1.48. The van der Waals surface area contributed by atoms with Gasteiger partial charge in [0, 0.05) is 8.90 Å². The minimum atomic E-state index is -0.428. The van der Waals surface area contributed by atoms with E-state index < -0.39 is 4.84 Å². The van der Waals surface area contributed by atoms with Crippen molar-refractivity contribution in [3.05, 3.63) is 33.8 Å². The van der Waals surface area contributed by atoms with Gasteiger partial charge in [-0.05, 0) is 23.3 Å². The van der Waals surface area contributed by atoms with Crippen LogP contribution in [0.5, 0.6) is 0 Å². The average molecular weight is 380 g/mol. The lowest BCUT2D eigenvalue weighted by Crippen LogP contribution is -1.89. The number of hydrogen-bond donors (Lipinski definition) is 0. The third kappa shape index (κ3) is 2.76. The fraction of sp³-hybridized carbons (Fsp3) is 0.250. The Morgan fingerprint density at radius 3 is 2.58 bits per heavy atom. The van der Waals surface area contributed by atoms with Crippen LogP contribution >= 0.6 is 61.7 Å². The van der Waals surface area contributed by atoms with Crippen LogP contribution in [0.15, 0.2) is 22.7 Å². The molecule has 1 aromatic carbocycles. The summed E-state index contributed by atoms with van der Waals surface area (Å²) in [6, 6.07) is 5.94. The van der Waals surface area contributed by atoms with Crippen LogP contribution in [0, 0.1) is 0 Å². The van der Waals surface area contributed by atoms with Crippen LogP contribution in [0.1, 0.15) is 16.0 Å². The summed E-state index contributed by atoms with van der Waals surface area (Å²) < 4.78 is 1.98. The molecule has 4 heteroatoms. The SMILES string of the molecule is ClC(Cl)c1ccc(Br)cc1CI. The lowest BCUT2D eigenvalue weighted by Gasteiger charge is -2.07. The maximum absolute atomic E-state index is 5.79. The monoisotopic (exact) mass is 378 g/mol. The van der Waals surface area contributed by atoms with Gasteiger partial charge in [-0.25, -0.2) is 0 Å². The second-order valence-electron chi connectivity index (χ2n) is 2.28. The highest BCUT2D eigenvalue weighted by atomic mass is 127. The van der Waals surface area contributed by atoms with Crippen molar-refractivity contribution in [3.63, 3.8) is 0 Å². The number of benzene rings is 1. The van der Waals surface area contributed by atoms with Gasteiger partial charge in [0.2, 0.25) is 0 Å². The first kappa shape index (κ1) is 11.1. The van der Waals surface area contributed by atoms with Crippen LogP contribution in [-0.4, -0.2) is 0 Å². The largest absolute Gasteiger partial charge is 0.133 e. The molecule has 66 valence electrons. The first-order valence-corrected chi connectivity index (χ1v) is 6.46. The Hall–Kier alpha value is 1.01. The predicted octanol–water partition coefficient (Wildman–Crippen LogP) is 4.86. The van der Waals surface area contributed by atoms with Crippen LogP contribution < -0.4 is 0 Å². The van der Waals surface area contributed by atoms with Gasteiger partial charge in [-0.2, -0.15) is 0 Å². The molecule has 1 rings (SSSR count). The zero-order valence-electron chi connectivity index (χ0n) is 6.03. The van der Waals surface area contributed by atoms with E-state index in [1.54, 1.807) is 0 Å². The molecule has 0 radical (unpaired) electrons. The molecule has 0 bridgehead atoms. The summed E-state index contributed by atoms with van der Waals surface area (Å²) in [6.07, 6.45) is 0. The highest BCUT2D eigenvalue weighted by molar-refractivity contribution is 14.1. The van der Waals surface area contributed by atoms with Gasteiger partial charge in [-0.3, -0.25) is 0 Å². The summed E-state index contributed by atoms with van der Waals surface area (Å²) in [4.78, 5) is -0.428. The molecule has 0 aliphatic rings.